The van der Waals surface area contributed by atoms with Crippen molar-refractivity contribution in [2.75, 3.05) is 5.73 Å². The molecular weight excluding hydrogens is 346 g/mol. The van der Waals surface area contributed by atoms with E-state index in [2.05, 4.69) is 16.5 Å². The molecule has 0 atom stereocenters. The van der Waals surface area contributed by atoms with E-state index in [1.165, 1.54) is 11.3 Å². The number of thiophene rings is 1. The molecule has 0 amide bonds. The highest BCUT2D eigenvalue weighted by molar-refractivity contribution is 7.21. The molecule has 3 aromatic heterocycles. The Kier molecular flexibility index (Phi) is 3.95. The summed E-state index contributed by atoms with van der Waals surface area (Å²) < 4.78 is 2.12. The van der Waals surface area contributed by atoms with Crippen molar-refractivity contribution in [2.24, 2.45) is 0 Å². The molecule has 0 spiro atoms. The van der Waals surface area contributed by atoms with E-state index in [-0.39, 0.29) is 11.6 Å². The topological polar surface area (TPSA) is 78.0 Å². The van der Waals surface area contributed by atoms with Gasteiger partial charge in [-0.2, -0.15) is 0 Å². The number of rotatable bonds is 3. The Morgan fingerprint density at radius 3 is 2.77 bits per heavy atom. The van der Waals surface area contributed by atoms with Gasteiger partial charge in [0.1, 0.15) is 9.71 Å². The highest BCUT2D eigenvalue weighted by atomic mass is 32.1. The van der Waals surface area contributed by atoms with Crippen LogP contribution in [0.1, 0.15) is 62.4 Å². The van der Waals surface area contributed by atoms with Gasteiger partial charge in [-0.05, 0) is 45.7 Å². The molecule has 0 aliphatic heterocycles. The first-order valence-electron chi connectivity index (χ1n) is 8.88. The fourth-order valence-electron chi connectivity index (χ4n) is 3.87. The number of Topliss-reactive ketones (excluding diaryl/α,β-unsaturated/α-hetero) is 1. The van der Waals surface area contributed by atoms with E-state index >= 15 is 0 Å². The van der Waals surface area contributed by atoms with Crippen LogP contribution in [0.2, 0.25) is 0 Å². The van der Waals surface area contributed by atoms with Crippen LogP contribution in [-0.4, -0.2) is 21.1 Å². The predicted molar refractivity (Wildman–Crippen MR) is 104 cm³/mol. The fraction of sp³-hybridized carbons (Fsp3) is 0.350. The summed E-state index contributed by atoms with van der Waals surface area (Å²) in [5.74, 6) is 0.0493. The number of anilines is 1. The van der Waals surface area contributed by atoms with Crippen LogP contribution in [0.15, 0.2) is 12.1 Å². The number of aryl methyl sites for hydroxylation is 2. The van der Waals surface area contributed by atoms with E-state index in [1.807, 2.05) is 26.0 Å². The van der Waals surface area contributed by atoms with Crippen LogP contribution >= 0.6 is 11.3 Å². The minimum Gasteiger partial charge on any atom is -0.397 e. The highest BCUT2D eigenvalue weighted by Gasteiger charge is 2.25. The van der Waals surface area contributed by atoms with Gasteiger partial charge in [-0.25, -0.2) is 4.98 Å². The van der Waals surface area contributed by atoms with E-state index in [0.717, 1.165) is 46.7 Å². The molecule has 1 aliphatic rings. The minimum absolute atomic E-state index is 0.0670. The molecule has 134 valence electrons. The number of pyridine rings is 1. The molecular formula is C20H21N3O2S. The van der Waals surface area contributed by atoms with Crippen LogP contribution < -0.4 is 5.73 Å². The molecule has 6 heteroatoms. The first-order chi connectivity index (χ1) is 12.4. The summed E-state index contributed by atoms with van der Waals surface area (Å²) in [7, 11) is 0. The normalized spacial score (nSPS) is 14.0. The van der Waals surface area contributed by atoms with Crippen LogP contribution in [0.25, 0.3) is 10.2 Å². The summed E-state index contributed by atoms with van der Waals surface area (Å²) in [5.41, 5.74) is 10.9. The second-order valence-corrected chi connectivity index (χ2v) is 7.81. The van der Waals surface area contributed by atoms with Crippen LogP contribution in [0.4, 0.5) is 5.69 Å². The van der Waals surface area contributed by atoms with Crippen LogP contribution in [0.3, 0.4) is 0 Å². The van der Waals surface area contributed by atoms with Gasteiger partial charge in [0.05, 0.1) is 11.4 Å². The van der Waals surface area contributed by atoms with E-state index < -0.39 is 0 Å². The van der Waals surface area contributed by atoms with E-state index in [1.54, 1.807) is 0 Å². The maximum absolute atomic E-state index is 13.1. The lowest BCUT2D eigenvalue weighted by atomic mass is 9.94. The maximum atomic E-state index is 13.1. The first-order valence-corrected chi connectivity index (χ1v) is 9.70. The second-order valence-electron chi connectivity index (χ2n) is 6.82. The Morgan fingerprint density at radius 1 is 1.31 bits per heavy atom. The molecule has 1 aliphatic carbocycles. The minimum atomic E-state index is -0.0670. The van der Waals surface area contributed by atoms with Crippen molar-refractivity contribution in [3.8, 4) is 0 Å². The number of nitrogen functional groups attached to an aromatic ring is 1. The molecule has 0 bridgehead atoms. The number of ketones is 2. The van der Waals surface area contributed by atoms with Gasteiger partial charge in [0.25, 0.3) is 0 Å². The maximum Gasteiger partial charge on any atom is 0.206 e. The monoisotopic (exact) mass is 367 g/mol. The Hall–Kier alpha value is -2.47. The third kappa shape index (κ3) is 2.40. The lowest BCUT2D eigenvalue weighted by Gasteiger charge is -2.13. The summed E-state index contributed by atoms with van der Waals surface area (Å²) in [6.07, 6.45) is 2.19. The second kappa shape index (κ2) is 6.06. The lowest BCUT2D eigenvalue weighted by molar-refractivity contribution is 0.0971. The van der Waals surface area contributed by atoms with Crippen molar-refractivity contribution < 1.29 is 9.59 Å². The van der Waals surface area contributed by atoms with Gasteiger partial charge in [0, 0.05) is 40.9 Å². The Balaban J connectivity index is 1.86. The van der Waals surface area contributed by atoms with Gasteiger partial charge in [0.2, 0.25) is 5.78 Å². The zero-order chi connectivity index (χ0) is 18.6. The molecule has 0 unspecified atom stereocenters. The van der Waals surface area contributed by atoms with Crippen molar-refractivity contribution >= 4 is 38.8 Å². The van der Waals surface area contributed by atoms with E-state index in [4.69, 9.17) is 5.73 Å². The van der Waals surface area contributed by atoms with Crippen LogP contribution in [0.5, 0.6) is 0 Å². The number of aromatic nitrogens is 2. The number of nitrogens with zero attached hydrogens (tertiary/aromatic N) is 2. The summed E-state index contributed by atoms with van der Waals surface area (Å²) in [6.45, 7) is 6.85. The summed E-state index contributed by atoms with van der Waals surface area (Å²) in [5, 5.41) is 0.719. The van der Waals surface area contributed by atoms with Crippen molar-refractivity contribution in [1.82, 2.24) is 9.55 Å². The molecule has 3 aromatic rings. The lowest BCUT2D eigenvalue weighted by Crippen LogP contribution is -2.12. The average molecular weight is 367 g/mol. The molecule has 4 rings (SSSR count). The number of nitrogens with two attached hydrogens (primary N) is 1. The Labute approximate surface area is 155 Å². The molecule has 0 aromatic carbocycles. The molecule has 3 heterocycles. The van der Waals surface area contributed by atoms with Gasteiger partial charge in [-0.15, -0.1) is 11.3 Å². The van der Waals surface area contributed by atoms with Gasteiger partial charge in [-0.1, -0.05) is 0 Å². The van der Waals surface area contributed by atoms with Gasteiger partial charge in [0.15, 0.2) is 5.78 Å². The molecule has 0 saturated carbocycles. The Morgan fingerprint density at radius 2 is 2.08 bits per heavy atom. The number of carbonyl (C=O) groups excluding carboxylic acids is 2. The van der Waals surface area contributed by atoms with Crippen LogP contribution in [0, 0.1) is 13.8 Å². The van der Waals surface area contributed by atoms with Gasteiger partial charge in [-0.3, -0.25) is 9.59 Å². The van der Waals surface area contributed by atoms with Crippen molar-refractivity contribution in [2.45, 2.75) is 46.6 Å². The molecule has 0 radical (unpaired) electrons. The summed E-state index contributed by atoms with van der Waals surface area (Å²) in [4.78, 5) is 31.2. The SMILES string of the molecule is CCn1c(C)cc(C(=O)c2sc3nc4c(cc3c2N)C(=O)CCC4)c1C. The largest absolute Gasteiger partial charge is 0.397 e. The molecule has 2 N–H and O–H groups in total. The van der Waals surface area contributed by atoms with Crippen LogP contribution in [-0.2, 0) is 13.0 Å². The first kappa shape index (κ1) is 17.0. The standard InChI is InChI=1S/C20H21N3O2S/c1-4-23-10(2)8-12(11(23)3)18(25)19-17(21)14-9-13-15(22-20(14)26-19)6-5-7-16(13)24/h8-9H,4-7,21H2,1-3H3. The van der Waals surface area contributed by atoms with Crippen molar-refractivity contribution in [3.63, 3.8) is 0 Å². The van der Waals surface area contributed by atoms with E-state index in [0.29, 0.717) is 28.1 Å². The van der Waals surface area contributed by atoms with Crippen molar-refractivity contribution in [1.29, 1.82) is 0 Å². The Bertz CT molecular complexity index is 1070. The third-order valence-electron chi connectivity index (χ3n) is 5.26. The quantitative estimate of drug-likeness (QED) is 0.708. The third-order valence-corrected chi connectivity index (χ3v) is 6.37. The molecule has 5 nitrogen and oxygen atoms in total. The smallest absolute Gasteiger partial charge is 0.206 e. The van der Waals surface area contributed by atoms with Crippen molar-refractivity contribution in [3.05, 3.63) is 45.2 Å². The zero-order valence-corrected chi connectivity index (χ0v) is 16.0. The number of hydrogen-bond donors (Lipinski definition) is 1. The fourth-order valence-corrected chi connectivity index (χ4v) is 4.92. The zero-order valence-electron chi connectivity index (χ0n) is 15.2. The number of fused-ring (bicyclic) bond motifs is 2. The van der Waals surface area contributed by atoms with E-state index in [9.17, 15) is 9.59 Å². The van der Waals surface area contributed by atoms with Gasteiger partial charge < -0.3 is 10.3 Å². The molecule has 0 saturated heterocycles. The molecule has 26 heavy (non-hydrogen) atoms. The highest BCUT2D eigenvalue weighted by Crippen LogP contribution is 2.37. The number of carbonyl (C=O) groups is 2. The predicted octanol–water partition coefficient (Wildman–Crippen LogP) is 4.07. The average Bonchev–Trinajstić information content (AvgIpc) is 3.09. The summed E-state index contributed by atoms with van der Waals surface area (Å²) in [6, 6.07) is 3.75. The summed E-state index contributed by atoms with van der Waals surface area (Å²) >= 11 is 1.33. The van der Waals surface area contributed by atoms with Gasteiger partial charge >= 0.3 is 0 Å². The molecule has 0 fully saturated rings. The number of hydrogen-bond acceptors (Lipinski definition) is 5.